The number of sulfone groups is 1. The van der Waals surface area contributed by atoms with Crippen LogP contribution < -0.4 is 0 Å². The summed E-state index contributed by atoms with van der Waals surface area (Å²) in [5, 5.41) is 8.22. The maximum atomic E-state index is 11.5. The number of likely N-dealkylation sites (tertiary alicyclic amines) is 1. The Hall–Kier alpha value is -0.620. The van der Waals surface area contributed by atoms with E-state index in [1.807, 2.05) is 4.90 Å². The van der Waals surface area contributed by atoms with Gasteiger partial charge in [0, 0.05) is 19.6 Å². The maximum Gasteiger partial charge on any atom is 0.303 e. The van der Waals surface area contributed by atoms with E-state index in [0.717, 1.165) is 0 Å². The van der Waals surface area contributed by atoms with Gasteiger partial charge in [-0.3, -0.25) is 4.79 Å². The molecule has 0 aromatic rings. The Morgan fingerprint density at radius 2 is 2.00 bits per heavy atom. The molecule has 0 bridgehead atoms. The van der Waals surface area contributed by atoms with E-state index in [-0.39, 0.29) is 23.3 Å². The Morgan fingerprint density at radius 1 is 1.44 bits per heavy atom. The molecule has 16 heavy (non-hydrogen) atoms. The van der Waals surface area contributed by atoms with Crippen LogP contribution in [0.3, 0.4) is 0 Å². The molecule has 1 aliphatic rings. The zero-order valence-electron chi connectivity index (χ0n) is 9.72. The Labute approximate surface area is 96.4 Å². The van der Waals surface area contributed by atoms with Crippen molar-refractivity contribution in [2.75, 3.05) is 25.4 Å². The van der Waals surface area contributed by atoms with Gasteiger partial charge in [0.05, 0.1) is 17.4 Å². The van der Waals surface area contributed by atoms with Gasteiger partial charge in [0.15, 0.2) is 9.84 Å². The Bertz CT molecular complexity index is 344. The van der Waals surface area contributed by atoms with Crippen molar-refractivity contribution < 1.29 is 18.3 Å². The molecular formula is C10H19NO4S. The SMILES string of the molecule is CC(C)S(=O)(=O)CCN1CC(CC(=O)O)C1. The number of carboxylic acid groups (broad SMARTS) is 1. The van der Waals surface area contributed by atoms with Gasteiger partial charge >= 0.3 is 5.97 Å². The number of rotatable bonds is 6. The molecule has 0 aromatic carbocycles. The van der Waals surface area contributed by atoms with Crippen LogP contribution in [0, 0.1) is 5.92 Å². The average Bonchev–Trinajstić information content (AvgIpc) is 2.07. The van der Waals surface area contributed by atoms with Gasteiger partial charge in [-0.2, -0.15) is 0 Å². The number of carbonyl (C=O) groups is 1. The highest BCUT2D eigenvalue weighted by atomic mass is 32.2. The largest absolute Gasteiger partial charge is 0.481 e. The summed E-state index contributed by atoms with van der Waals surface area (Å²) in [7, 11) is -2.97. The predicted molar refractivity (Wildman–Crippen MR) is 61.1 cm³/mol. The first-order chi connectivity index (χ1) is 7.31. The number of hydrogen-bond acceptors (Lipinski definition) is 4. The van der Waals surface area contributed by atoms with Crippen LogP contribution in [0.5, 0.6) is 0 Å². The molecule has 0 radical (unpaired) electrons. The fourth-order valence-corrected chi connectivity index (χ4v) is 2.71. The Kier molecular flexibility index (Phi) is 4.32. The average molecular weight is 249 g/mol. The molecule has 1 rings (SSSR count). The maximum absolute atomic E-state index is 11.5. The number of aliphatic carboxylic acids is 1. The minimum atomic E-state index is -2.97. The molecule has 0 aliphatic carbocycles. The van der Waals surface area contributed by atoms with Crippen LogP contribution in [0.4, 0.5) is 0 Å². The van der Waals surface area contributed by atoms with Crippen molar-refractivity contribution in [3.05, 3.63) is 0 Å². The molecule has 0 aromatic heterocycles. The normalized spacial score (nSPS) is 18.7. The lowest BCUT2D eigenvalue weighted by Crippen LogP contribution is -2.49. The second-order valence-electron chi connectivity index (χ2n) is 4.64. The third-order valence-electron chi connectivity index (χ3n) is 2.91. The van der Waals surface area contributed by atoms with E-state index in [1.165, 1.54) is 0 Å². The summed E-state index contributed by atoms with van der Waals surface area (Å²) in [4.78, 5) is 12.4. The van der Waals surface area contributed by atoms with E-state index < -0.39 is 15.8 Å². The minimum absolute atomic E-state index is 0.171. The summed E-state index contributed by atoms with van der Waals surface area (Å²) >= 11 is 0. The van der Waals surface area contributed by atoms with Crippen molar-refractivity contribution in [2.24, 2.45) is 5.92 Å². The molecule has 0 amide bonds. The number of hydrogen-bond donors (Lipinski definition) is 1. The molecule has 6 heteroatoms. The molecule has 0 saturated carbocycles. The van der Waals surface area contributed by atoms with Crippen molar-refractivity contribution in [1.82, 2.24) is 4.90 Å². The zero-order valence-corrected chi connectivity index (χ0v) is 10.5. The van der Waals surface area contributed by atoms with Crippen LogP contribution in [0.15, 0.2) is 0 Å². The third-order valence-corrected chi connectivity index (χ3v) is 5.09. The van der Waals surface area contributed by atoms with Crippen molar-refractivity contribution >= 4 is 15.8 Å². The molecule has 1 N–H and O–H groups in total. The first kappa shape index (κ1) is 13.4. The van der Waals surface area contributed by atoms with E-state index >= 15 is 0 Å². The summed E-state index contributed by atoms with van der Waals surface area (Å²) in [6.07, 6.45) is 0.188. The van der Waals surface area contributed by atoms with Crippen LogP contribution in [0.2, 0.25) is 0 Å². The van der Waals surface area contributed by atoms with Crippen molar-refractivity contribution in [2.45, 2.75) is 25.5 Å². The summed E-state index contributed by atoms with van der Waals surface area (Å²) in [5.41, 5.74) is 0. The fourth-order valence-electron chi connectivity index (χ4n) is 1.73. The van der Waals surface area contributed by atoms with E-state index in [4.69, 9.17) is 5.11 Å². The molecule has 1 saturated heterocycles. The lowest BCUT2D eigenvalue weighted by atomic mass is 9.97. The van der Waals surface area contributed by atoms with Gasteiger partial charge in [-0.05, 0) is 19.8 Å². The third kappa shape index (κ3) is 3.75. The Morgan fingerprint density at radius 3 is 2.44 bits per heavy atom. The topological polar surface area (TPSA) is 74.7 Å². The smallest absolute Gasteiger partial charge is 0.303 e. The molecule has 0 atom stereocenters. The molecule has 0 spiro atoms. The van der Waals surface area contributed by atoms with Crippen LogP contribution in [-0.2, 0) is 14.6 Å². The second kappa shape index (κ2) is 5.14. The van der Waals surface area contributed by atoms with Crippen molar-refractivity contribution in [3.63, 3.8) is 0 Å². The van der Waals surface area contributed by atoms with Crippen molar-refractivity contribution in [1.29, 1.82) is 0 Å². The molecular weight excluding hydrogens is 230 g/mol. The number of carboxylic acids is 1. The van der Waals surface area contributed by atoms with Crippen LogP contribution in [-0.4, -0.2) is 55.0 Å². The fraction of sp³-hybridized carbons (Fsp3) is 0.900. The summed E-state index contributed by atoms with van der Waals surface area (Å²) in [6, 6.07) is 0. The van der Waals surface area contributed by atoms with E-state index in [0.29, 0.717) is 19.6 Å². The minimum Gasteiger partial charge on any atom is -0.481 e. The second-order valence-corrected chi connectivity index (χ2v) is 7.32. The highest BCUT2D eigenvalue weighted by molar-refractivity contribution is 7.92. The summed E-state index contributed by atoms with van der Waals surface area (Å²) < 4.78 is 23.0. The summed E-state index contributed by atoms with van der Waals surface area (Å²) in [6.45, 7) is 5.30. The molecule has 94 valence electrons. The van der Waals surface area contributed by atoms with Crippen LogP contribution in [0.25, 0.3) is 0 Å². The van der Waals surface area contributed by atoms with E-state index in [1.54, 1.807) is 13.8 Å². The van der Waals surface area contributed by atoms with Gasteiger partial charge in [0.1, 0.15) is 0 Å². The highest BCUT2D eigenvalue weighted by Gasteiger charge is 2.29. The molecule has 1 aliphatic heterocycles. The highest BCUT2D eigenvalue weighted by Crippen LogP contribution is 2.18. The van der Waals surface area contributed by atoms with E-state index in [9.17, 15) is 13.2 Å². The first-order valence-electron chi connectivity index (χ1n) is 5.47. The predicted octanol–water partition coefficient (Wildman–Crippen LogP) is 0.216. The van der Waals surface area contributed by atoms with Gasteiger partial charge in [0.2, 0.25) is 0 Å². The van der Waals surface area contributed by atoms with Gasteiger partial charge in [-0.15, -0.1) is 0 Å². The lowest BCUT2D eigenvalue weighted by Gasteiger charge is -2.38. The van der Waals surface area contributed by atoms with Gasteiger partial charge in [-0.1, -0.05) is 0 Å². The van der Waals surface area contributed by atoms with Crippen LogP contribution >= 0.6 is 0 Å². The first-order valence-corrected chi connectivity index (χ1v) is 7.18. The zero-order chi connectivity index (χ0) is 12.3. The summed E-state index contributed by atoms with van der Waals surface area (Å²) in [5.74, 6) is -0.413. The Balaban J connectivity index is 2.21. The van der Waals surface area contributed by atoms with Gasteiger partial charge in [0.25, 0.3) is 0 Å². The monoisotopic (exact) mass is 249 g/mol. The van der Waals surface area contributed by atoms with Gasteiger partial charge < -0.3 is 10.0 Å². The van der Waals surface area contributed by atoms with Gasteiger partial charge in [-0.25, -0.2) is 8.42 Å². The number of nitrogens with zero attached hydrogens (tertiary/aromatic N) is 1. The molecule has 1 fully saturated rings. The molecule has 0 unspecified atom stereocenters. The quantitative estimate of drug-likeness (QED) is 0.728. The van der Waals surface area contributed by atoms with Crippen molar-refractivity contribution in [3.8, 4) is 0 Å². The van der Waals surface area contributed by atoms with Crippen LogP contribution in [0.1, 0.15) is 20.3 Å². The molecule has 5 nitrogen and oxygen atoms in total. The standard InChI is InChI=1S/C10H19NO4S/c1-8(2)16(14,15)4-3-11-6-9(7-11)5-10(12)13/h8-9H,3-7H2,1-2H3,(H,12,13). The lowest BCUT2D eigenvalue weighted by molar-refractivity contribution is -0.139. The molecule has 1 heterocycles. The van der Waals surface area contributed by atoms with E-state index in [2.05, 4.69) is 0 Å².